The normalized spacial score (nSPS) is 15.9. The van der Waals surface area contributed by atoms with Crippen LogP contribution in [-0.2, 0) is 13.5 Å². The predicted octanol–water partition coefficient (Wildman–Crippen LogP) is 4.29. The highest BCUT2D eigenvalue weighted by molar-refractivity contribution is 5.96. The molecule has 1 amide bonds. The van der Waals surface area contributed by atoms with Gasteiger partial charge in [-0.3, -0.25) is 9.48 Å². The number of halogens is 1. The summed E-state index contributed by atoms with van der Waals surface area (Å²) in [5.74, 6) is -0.573. The number of carbonyl (C=O) groups excluding carboxylic acids is 1. The quantitative estimate of drug-likeness (QED) is 0.607. The van der Waals surface area contributed by atoms with Crippen molar-refractivity contribution in [3.63, 3.8) is 0 Å². The van der Waals surface area contributed by atoms with Crippen molar-refractivity contribution < 1.29 is 14.3 Å². The molecule has 0 saturated heterocycles. The minimum absolute atomic E-state index is 0.199. The van der Waals surface area contributed by atoms with Gasteiger partial charge in [-0.05, 0) is 60.6 Å². The van der Waals surface area contributed by atoms with Crippen LogP contribution >= 0.6 is 0 Å². The van der Waals surface area contributed by atoms with E-state index in [1.807, 2.05) is 49.5 Å². The maximum Gasteiger partial charge on any atom is 0.272 e. The van der Waals surface area contributed by atoms with Gasteiger partial charge in [0.15, 0.2) is 5.69 Å². The average Bonchev–Trinajstić information content (AvgIpc) is 2.96. The van der Waals surface area contributed by atoms with E-state index in [9.17, 15) is 14.3 Å². The molecule has 160 valence electrons. The van der Waals surface area contributed by atoms with E-state index in [1.165, 1.54) is 12.1 Å². The average molecular weight is 420 g/mol. The summed E-state index contributed by atoms with van der Waals surface area (Å²) < 4.78 is 15.4. The van der Waals surface area contributed by atoms with Crippen molar-refractivity contribution >= 4 is 17.6 Å². The zero-order chi connectivity index (χ0) is 21.8. The largest absolute Gasteiger partial charge is 0.394 e. The Kier molecular flexibility index (Phi) is 6.28. The lowest BCUT2D eigenvalue weighted by Gasteiger charge is -2.16. The molecule has 1 heterocycles. The third-order valence-corrected chi connectivity index (χ3v) is 5.67. The number of aryl methyl sites for hydroxylation is 1. The molecule has 1 atom stereocenters. The number of aliphatic hydroxyl groups is 1. The van der Waals surface area contributed by atoms with Gasteiger partial charge in [-0.15, -0.1) is 0 Å². The van der Waals surface area contributed by atoms with E-state index < -0.39 is 6.04 Å². The van der Waals surface area contributed by atoms with Crippen molar-refractivity contribution in [1.29, 1.82) is 0 Å². The van der Waals surface area contributed by atoms with Gasteiger partial charge >= 0.3 is 0 Å². The fourth-order valence-electron chi connectivity index (χ4n) is 4.21. The number of allylic oxidation sites excluding steroid dienone is 1. The molecule has 1 aliphatic carbocycles. The summed E-state index contributed by atoms with van der Waals surface area (Å²) in [6.07, 6.45) is 5.51. The zero-order valence-corrected chi connectivity index (χ0v) is 17.5. The molecule has 31 heavy (non-hydrogen) atoms. The summed E-state index contributed by atoms with van der Waals surface area (Å²) in [4.78, 5) is 13.1. The lowest BCUT2D eigenvalue weighted by molar-refractivity contribution is 0.0909. The number of aliphatic hydroxyl groups excluding tert-OH is 1. The molecule has 1 aliphatic rings. The second kappa shape index (κ2) is 9.27. The molecule has 0 fully saturated rings. The number of fused-ring (bicyclic) bond motifs is 1. The van der Waals surface area contributed by atoms with Gasteiger partial charge in [0.25, 0.3) is 5.91 Å². The number of hydrogen-bond donors (Lipinski definition) is 2. The molecule has 1 aromatic heterocycles. The van der Waals surface area contributed by atoms with Crippen LogP contribution < -0.4 is 5.32 Å². The lowest BCUT2D eigenvalue weighted by Crippen LogP contribution is -2.31. The van der Waals surface area contributed by atoms with Crippen LogP contribution in [0.5, 0.6) is 0 Å². The van der Waals surface area contributed by atoms with Gasteiger partial charge in [0.2, 0.25) is 0 Å². The molecule has 0 radical (unpaired) electrons. The van der Waals surface area contributed by atoms with E-state index in [0.717, 1.165) is 53.6 Å². The number of benzene rings is 2. The highest BCUT2D eigenvalue weighted by Crippen LogP contribution is 2.33. The molecule has 0 unspecified atom stereocenters. The monoisotopic (exact) mass is 419 g/mol. The Labute approximate surface area is 181 Å². The lowest BCUT2D eigenvalue weighted by atomic mass is 10.0. The number of aromatic nitrogens is 2. The molecule has 0 saturated carbocycles. The first-order valence-corrected chi connectivity index (χ1v) is 10.6. The predicted molar refractivity (Wildman–Crippen MR) is 119 cm³/mol. The van der Waals surface area contributed by atoms with E-state index in [-0.39, 0.29) is 18.3 Å². The highest BCUT2D eigenvalue weighted by atomic mass is 19.1. The third kappa shape index (κ3) is 4.59. The summed E-state index contributed by atoms with van der Waals surface area (Å²) in [6.45, 7) is -0.199. The molecular formula is C25H26FN3O2. The summed E-state index contributed by atoms with van der Waals surface area (Å²) in [6, 6.07) is 15.4. The Bertz CT molecular complexity index is 1110. The highest BCUT2D eigenvalue weighted by Gasteiger charge is 2.27. The topological polar surface area (TPSA) is 67.2 Å². The molecule has 0 spiro atoms. The Morgan fingerprint density at radius 3 is 2.71 bits per heavy atom. The number of hydrogen-bond acceptors (Lipinski definition) is 3. The second-order valence-corrected chi connectivity index (χ2v) is 7.85. The number of rotatable bonds is 5. The standard InChI is InChI=1S/C25H26FN3O2/c1-29-24-19(14-17-8-7-12-20(26)15-17)11-5-6-13-21(24)23(28-29)25(31)27-22(16-30)18-9-3-2-4-10-18/h2-4,7-10,12,14-15,22,30H,5-6,11,13,16H2,1H3,(H,27,31)/b19-14+/t22-/m0/s1. The zero-order valence-electron chi connectivity index (χ0n) is 17.5. The summed E-state index contributed by atoms with van der Waals surface area (Å²) in [5, 5.41) is 17.3. The molecule has 2 aromatic carbocycles. The van der Waals surface area contributed by atoms with Crippen LogP contribution in [0.2, 0.25) is 0 Å². The Morgan fingerprint density at radius 1 is 1.19 bits per heavy atom. The van der Waals surface area contributed by atoms with Crippen molar-refractivity contribution in [1.82, 2.24) is 15.1 Å². The van der Waals surface area contributed by atoms with Gasteiger partial charge in [0, 0.05) is 12.6 Å². The van der Waals surface area contributed by atoms with E-state index in [4.69, 9.17) is 0 Å². The molecule has 0 bridgehead atoms. The summed E-state index contributed by atoms with van der Waals surface area (Å²) in [7, 11) is 1.83. The Morgan fingerprint density at radius 2 is 1.97 bits per heavy atom. The van der Waals surface area contributed by atoms with Gasteiger partial charge in [-0.2, -0.15) is 5.10 Å². The van der Waals surface area contributed by atoms with E-state index in [0.29, 0.717) is 5.69 Å². The van der Waals surface area contributed by atoms with E-state index >= 15 is 0 Å². The van der Waals surface area contributed by atoms with Gasteiger partial charge in [-0.25, -0.2) is 4.39 Å². The van der Waals surface area contributed by atoms with Crippen LogP contribution in [-0.4, -0.2) is 27.4 Å². The first kappa shape index (κ1) is 21.0. The molecule has 0 aliphatic heterocycles. The van der Waals surface area contributed by atoms with Gasteiger partial charge in [-0.1, -0.05) is 42.5 Å². The Balaban J connectivity index is 1.68. The summed E-state index contributed by atoms with van der Waals surface area (Å²) in [5.41, 5.74) is 4.90. The maximum atomic E-state index is 13.7. The van der Waals surface area contributed by atoms with Crippen LogP contribution in [0.15, 0.2) is 54.6 Å². The van der Waals surface area contributed by atoms with Crippen molar-refractivity contribution in [2.45, 2.75) is 31.7 Å². The van der Waals surface area contributed by atoms with Crippen molar-refractivity contribution in [2.24, 2.45) is 7.05 Å². The number of nitrogens with zero attached hydrogens (tertiary/aromatic N) is 2. The smallest absolute Gasteiger partial charge is 0.272 e. The third-order valence-electron chi connectivity index (χ3n) is 5.67. The number of carbonyl (C=O) groups is 1. The van der Waals surface area contributed by atoms with Crippen molar-refractivity contribution in [3.05, 3.63) is 88.5 Å². The van der Waals surface area contributed by atoms with Crippen LogP contribution in [0.3, 0.4) is 0 Å². The first-order valence-electron chi connectivity index (χ1n) is 10.6. The molecule has 6 heteroatoms. The molecule has 4 rings (SSSR count). The minimum Gasteiger partial charge on any atom is -0.394 e. The fourth-order valence-corrected chi connectivity index (χ4v) is 4.21. The molecule has 2 N–H and O–H groups in total. The second-order valence-electron chi connectivity index (χ2n) is 7.85. The van der Waals surface area contributed by atoms with Crippen LogP contribution in [0.4, 0.5) is 4.39 Å². The van der Waals surface area contributed by atoms with Gasteiger partial charge in [0.05, 0.1) is 18.3 Å². The van der Waals surface area contributed by atoms with Crippen LogP contribution in [0, 0.1) is 5.82 Å². The molecular weight excluding hydrogens is 393 g/mol. The SMILES string of the molecule is Cn1nc(C(=O)N[C@@H](CO)c2ccccc2)c2c1/C(=C/c1cccc(F)c1)CCCC2. The van der Waals surface area contributed by atoms with Gasteiger partial charge < -0.3 is 10.4 Å². The number of amides is 1. The Hall–Kier alpha value is -3.25. The molecule has 5 nitrogen and oxygen atoms in total. The minimum atomic E-state index is -0.501. The fraction of sp³-hybridized carbons (Fsp3) is 0.280. The molecule has 3 aromatic rings. The van der Waals surface area contributed by atoms with E-state index in [1.54, 1.807) is 10.7 Å². The first-order chi connectivity index (χ1) is 15.1. The van der Waals surface area contributed by atoms with Crippen LogP contribution in [0.1, 0.15) is 58.2 Å². The van der Waals surface area contributed by atoms with Crippen molar-refractivity contribution in [2.75, 3.05) is 6.61 Å². The van der Waals surface area contributed by atoms with E-state index in [2.05, 4.69) is 10.4 Å². The summed E-state index contributed by atoms with van der Waals surface area (Å²) >= 11 is 0. The maximum absolute atomic E-state index is 13.7. The van der Waals surface area contributed by atoms with Crippen molar-refractivity contribution in [3.8, 4) is 0 Å². The van der Waals surface area contributed by atoms with Gasteiger partial charge in [0.1, 0.15) is 5.82 Å². The number of nitrogens with one attached hydrogen (secondary N) is 1. The van der Waals surface area contributed by atoms with Crippen LogP contribution in [0.25, 0.3) is 11.6 Å².